The third-order valence-electron chi connectivity index (χ3n) is 5.12. The molecule has 1 aliphatic heterocycles. The maximum absolute atomic E-state index is 11.9. The van der Waals surface area contributed by atoms with Crippen molar-refractivity contribution in [2.75, 3.05) is 25.0 Å². The number of aromatic nitrogens is 5. The standard InChI is InChI=1S/C18H20N8O4/c1-24(18(28)29)11-6-8-25(9-7-11)16-12(15(19)27)10-20-17(21-16)30-26-14-5-3-2-4-13(14)22-23-26/h2-5,10-11H,6-9H2,1H3,(H2,19,27)(H,28,29). The van der Waals surface area contributed by atoms with Crippen LogP contribution in [0.2, 0.25) is 0 Å². The SMILES string of the molecule is CN(C(=O)O)C1CCN(c2nc(On3nnc4ccccc43)ncc2C(N)=O)CC1. The highest BCUT2D eigenvalue weighted by molar-refractivity contribution is 5.97. The van der Waals surface area contributed by atoms with Gasteiger partial charge in [-0.3, -0.25) is 4.79 Å². The Morgan fingerprint density at radius 1 is 1.27 bits per heavy atom. The van der Waals surface area contributed by atoms with Gasteiger partial charge in [0.2, 0.25) is 0 Å². The number of rotatable bonds is 5. The average Bonchev–Trinajstić information content (AvgIpc) is 3.16. The molecule has 0 spiro atoms. The second kappa shape index (κ2) is 7.81. The Kier molecular flexibility index (Phi) is 5.04. The van der Waals surface area contributed by atoms with Gasteiger partial charge < -0.3 is 25.5 Å². The van der Waals surface area contributed by atoms with E-state index >= 15 is 0 Å². The summed E-state index contributed by atoms with van der Waals surface area (Å²) in [4.78, 5) is 41.5. The van der Waals surface area contributed by atoms with Crippen LogP contribution < -0.4 is 15.5 Å². The Morgan fingerprint density at radius 3 is 2.70 bits per heavy atom. The lowest BCUT2D eigenvalue weighted by Gasteiger charge is -2.36. The Morgan fingerprint density at radius 2 is 2.00 bits per heavy atom. The van der Waals surface area contributed by atoms with Crippen molar-refractivity contribution in [2.24, 2.45) is 5.73 Å². The van der Waals surface area contributed by atoms with Gasteiger partial charge in [0.05, 0.1) is 0 Å². The lowest BCUT2D eigenvalue weighted by atomic mass is 10.0. The lowest BCUT2D eigenvalue weighted by Crippen LogP contribution is -2.46. The van der Waals surface area contributed by atoms with E-state index in [-0.39, 0.29) is 17.6 Å². The van der Waals surface area contributed by atoms with Crippen LogP contribution in [0.25, 0.3) is 11.0 Å². The van der Waals surface area contributed by atoms with Crippen LogP contribution in [0.5, 0.6) is 6.01 Å². The summed E-state index contributed by atoms with van der Waals surface area (Å²) in [5.74, 6) is -0.319. The minimum atomic E-state index is -0.968. The number of carbonyl (C=O) groups excluding carboxylic acids is 1. The van der Waals surface area contributed by atoms with E-state index in [1.54, 1.807) is 19.2 Å². The molecule has 2 aromatic heterocycles. The molecule has 0 radical (unpaired) electrons. The number of hydrogen-bond acceptors (Lipinski definition) is 8. The van der Waals surface area contributed by atoms with Gasteiger partial charge in [0.25, 0.3) is 5.91 Å². The van der Waals surface area contributed by atoms with Crippen LogP contribution in [0.3, 0.4) is 0 Å². The first-order valence-corrected chi connectivity index (χ1v) is 9.30. The molecule has 4 rings (SSSR count). The van der Waals surface area contributed by atoms with Crippen molar-refractivity contribution in [2.45, 2.75) is 18.9 Å². The van der Waals surface area contributed by atoms with E-state index in [9.17, 15) is 9.59 Å². The number of fused-ring (bicyclic) bond motifs is 1. The van der Waals surface area contributed by atoms with Crippen LogP contribution in [0.4, 0.5) is 10.6 Å². The molecule has 3 heterocycles. The number of piperidine rings is 1. The van der Waals surface area contributed by atoms with E-state index < -0.39 is 12.0 Å². The molecule has 1 saturated heterocycles. The Bertz CT molecular complexity index is 1090. The zero-order valence-corrected chi connectivity index (χ0v) is 16.2. The molecule has 0 unspecified atom stereocenters. The molecule has 12 nitrogen and oxygen atoms in total. The summed E-state index contributed by atoms with van der Waals surface area (Å²) in [6.45, 7) is 1.01. The normalized spacial score (nSPS) is 14.6. The number of carbonyl (C=O) groups is 2. The summed E-state index contributed by atoms with van der Waals surface area (Å²) in [6.07, 6.45) is 1.53. The van der Waals surface area contributed by atoms with Crippen LogP contribution in [-0.4, -0.2) is 73.3 Å². The number of primary amides is 1. The Balaban J connectivity index is 1.58. The number of anilines is 1. The minimum Gasteiger partial charge on any atom is -0.465 e. The highest BCUT2D eigenvalue weighted by atomic mass is 16.7. The van der Waals surface area contributed by atoms with E-state index in [1.807, 2.05) is 17.0 Å². The van der Waals surface area contributed by atoms with Crippen molar-refractivity contribution < 1.29 is 19.5 Å². The topological polar surface area (TPSA) is 153 Å². The maximum atomic E-state index is 11.9. The molecule has 30 heavy (non-hydrogen) atoms. The Hall–Kier alpha value is -3.96. The molecular weight excluding hydrogens is 392 g/mol. The molecule has 0 aliphatic carbocycles. The minimum absolute atomic E-state index is 0.0181. The van der Waals surface area contributed by atoms with Gasteiger partial charge in [0.15, 0.2) is 0 Å². The number of carboxylic acid groups (broad SMARTS) is 1. The van der Waals surface area contributed by atoms with Crippen molar-refractivity contribution in [1.82, 2.24) is 30.0 Å². The molecule has 12 heteroatoms. The van der Waals surface area contributed by atoms with Gasteiger partial charge in [-0.25, -0.2) is 9.78 Å². The number of nitrogens with zero attached hydrogens (tertiary/aromatic N) is 7. The first-order chi connectivity index (χ1) is 14.4. The average molecular weight is 412 g/mol. The molecular formula is C18H20N8O4. The van der Waals surface area contributed by atoms with E-state index in [0.717, 1.165) is 0 Å². The maximum Gasteiger partial charge on any atom is 0.407 e. The lowest BCUT2D eigenvalue weighted by molar-refractivity contribution is 0.0999. The smallest absolute Gasteiger partial charge is 0.407 e. The fourth-order valence-corrected chi connectivity index (χ4v) is 3.43. The van der Waals surface area contributed by atoms with Gasteiger partial charge in [0.1, 0.15) is 22.4 Å². The highest BCUT2D eigenvalue weighted by Gasteiger charge is 2.28. The third-order valence-corrected chi connectivity index (χ3v) is 5.12. The van der Waals surface area contributed by atoms with Crippen molar-refractivity contribution in [3.8, 4) is 6.01 Å². The second-order valence-electron chi connectivity index (χ2n) is 6.91. The molecule has 0 atom stereocenters. The van der Waals surface area contributed by atoms with Gasteiger partial charge in [-0.05, 0) is 30.2 Å². The molecule has 1 fully saturated rings. The van der Waals surface area contributed by atoms with Crippen LogP contribution in [0.1, 0.15) is 23.2 Å². The monoisotopic (exact) mass is 412 g/mol. The van der Waals surface area contributed by atoms with Crippen LogP contribution in [0, 0.1) is 0 Å². The van der Waals surface area contributed by atoms with Gasteiger partial charge in [0, 0.05) is 32.4 Å². The quantitative estimate of drug-likeness (QED) is 0.618. The predicted molar refractivity (Wildman–Crippen MR) is 105 cm³/mol. The molecule has 1 aliphatic rings. The van der Waals surface area contributed by atoms with Gasteiger partial charge in [-0.1, -0.05) is 17.0 Å². The second-order valence-corrected chi connectivity index (χ2v) is 6.91. The number of amides is 2. The fourth-order valence-electron chi connectivity index (χ4n) is 3.43. The van der Waals surface area contributed by atoms with E-state index in [1.165, 1.54) is 15.9 Å². The number of nitrogens with two attached hydrogens (primary N) is 1. The molecule has 3 aromatic rings. The highest BCUT2D eigenvalue weighted by Crippen LogP contribution is 2.25. The first-order valence-electron chi connectivity index (χ1n) is 9.30. The molecule has 0 bridgehead atoms. The number of para-hydroxylation sites is 1. The van der Waals surface area contributed by atoms with Gasteiger partial charge >= 0.3 is 12.1 Å². The molecule has 1 aromatic carbocycles. The molecule has 3 N–H and O–H groups in total. The zero-order valence-electron chi connectivity index (χ0n) is 16.2. The van der Waals surface area contributed by atoms with Crippen molar-refractivity contribution in [3.05, 3.63) is 36.0 Å². The molecule has 0 saturated carbocycles. The van der Waals surface area contributed by atoms with Gasteiger partial charge in [-0.2, -0.15) is 4.98 Å². The van der Waals surface area contributed by atoms with Crippen LogP contribution >= 0.6 is 0 Å². The van der Waals surface area contributed by atoms with Crippen molar-refractivity contribution in [3.63, 3.8) is 0 Å². The largest absolute Gasteiger partial charge is 0.465 e. The fraction of sp³-hybridized carbons (Fsp3) is 0.333. The zero-order chi connectivity index (χ0) is 21.3. The first kappa shape index (κ1) is 19.4. The summed E-state index contributed by atoms with van der Waals surface area (Å²) in [6, 6.07) is 7.13. The molecule has 2 amide bonds. The van der Waals surface area contributed by atoms with Crippen LogP contribution in [0.15, 0.2) is 30.5 Å². The summed E-state index contributed by atoms with van der Waals surface area (Å²) in [5, 5.41) is 17.1. The predicted octanol–water partition coefficient (Wildman–Crippen LogP) is 0.741. The summed E-state index contributed by atoms with van der Waals surface area (Å²) < 4.78 is 0. The summed E-state index contributed by atoms with van der Waals surface area (Å²) in [7, 11) is 1.55. The summed E-state index contributed by atoms with van der Waals surface area (Å²) in [5.41, 5.74) is 6.95. The Labute approximate surface area is 170 Å². The van der Waals surface area contributed by atoms with Crippen molar-refractivity contribution in [1.29, 1.82) is 0 Å². The van der Waals surface area contributed by atoms with E-state index in [2.05, 4.69) is 20.3 Å². The van der Waals surface area contributed by atoms with Crippen LogP contribution in [-0.2, 0) is 0 Å². The third kappa shape index (κ3) is 3.66. The van der Waals surface area contributed by atoms with Crippen molar-refractivity contribution >= 4 is 28.9 Å². The van der Waals surface area contributed by atoms with Gasteiger partial charge in [-0.15, -0.1) is 5.10 Å². The number of benzene rings is 1. The summed E-state index contributed by atoms with van der Waals surface area (Å²) >= 11 is 0. The number of hydrogen-bond donors (Lipinski definition) is 2. The van der Waals surface area contributed by atoms with E-state index in [4.69, 9.17) is 15.7 Å². The van der Waals surface area contributed by atoms with E-state index in [0.29, 0.717) is 42.8 Å². The molecule has 156 valence electrons.